The van der Waals surface area contributed by atoms with E-state index < -0.39 is 38.9 Å². The first-order valence-corrected chi connectivity index (χ1v) is 18.2. The number of anilines is 2. The quantitative estimate of drug-likeness (QED) is 0.339. The van der Waals surface area contributed by atoms with Gasteiger partial charge in [-0.05, 0) is 49.9 Å². The average Bonchev–Trinajstić information content (AvgIpc) is 3.14. The first-order valence-electron chi connectivity index (χ1n) is 13.1. The second-order valence-electron chi connectivity index (χ2n) is 9.65. The summed E-state index contributed by atoms with van der Waals surface area (Å²) < 4.78 is 59.8. The van der Waals surface area contributed by atoms with Crippen LogP contribution < -0.4 is 27.5 Å². The Labute approximate surface area is 322 Å². The molecule has 22 heteroatoms. The molecule has 2 aromatic carbocycles. The molecule has 2 heterocycles. The van der Waals surface area contributed by atoms with E-state index in [2.05, 4.69) is 4.74 Å². The first kappa shape index (κ1) is 47.1. The number of nitrogens with zero attached hydrogens (tertiary/aromatic N) is 4. The van der Waals surface area contributed by atoms with Gasteiger partial charge in [0, 0.05) is 36.2 Å². The summed E-state index contributed by atoms with van der Waals surface area (Å²) in [4.78, 5) is 22.4. The predicted octanol–water partition coefficient (Wildman–Crippen LogP) is 3.31. The minimum atomic E-state index is -4.03. The van der Waals surface area contributed by atoms with Gasteiger partial charge in [0.15, 0.2) is 0 Å². The maximum atomic E-state index is 12.9. The van der Waals surface area contributed by atoms with Crippen LogP contribution in [-0.2, 0) is 34.7 Å². The molecule has 0 unspecified atom stereocenters. The van der Waals surface area contributed by atoms with Gasteiger partial charge in [0.2, 0.25) is 0 Å². The van der Waals surface area contributed by atoms with Gasteiger partial charge in [0.25, 0.3) is 0 Å². The van der Waals surface area contributed by atoms with Crippen molar-refractivity contribution in [2.24, 2.45) is 0 Å². The maximum absolute atomic E-state index is 12.9. The van der Waals surface area contributed by atoms with E-state index in [-0.39, 0.29) is 101 Å². The van der Waals surface area contributed by atoms with Crippen molar-refractivity contribution >= 4 is 113 Å². The number of esters is 1. The van der Waals surface area contributed by atoms with E-state index in [0.29, 0.717) is 30.7 Å². The summed E-state index contributed by atoms with van der Waals surface area (Å²) in [7, 11) is -6.79. The Balaban J connectivity index is 0.000000867. The van der Waals surface area contributed by atoms with E-state index in [4.69, 9.17) is 74.7 Å². The Morgan fingerprint density at radius 2 is 1.00 bits per heavy atom. The first-order chi connectivity index (χ1) is 21.0. The smallest absolute Gasteiger partial charge is 0.870 e. The molecule has 266 valence electrons. The molecule has 0 bridgehead atoms. The molecule has 0 saturated carbocycles. The van der Waals surface area contributed by atoms with Gasteiger partial charge in [-0.2, -0.15) is 25.4 Å². The SMILES string of the molecule is C.COC(=O)CN1CCCCN(c2c(Cl)cc(Cl)cc2Cl)S1(=O)=O.O=C(O)CN1CCCCN(c2c(Cl)cc(Cl)cc2Cl)S1(=O)=O.[Li+].[OH-]. The van der Waals surface area contributed by atoms with Crippen molar-refractivity contribution < 1.29 is 60.6 Å². The molecule has 2 saturated heterocycles. The minimum Gasteiger partial charge on any atom is -0.870 e. The third-order valence-corrected chi connectivity index (χ3v) is 11.9. The van der Waals surface area contributed by atoms with E-state index in [1.54, 1.807) is 0 Å². The second-order valence-corrected chi connectivity index (χ2v) is 15.9. The van der Waals surface area contributed by atoms with E-state index in [0.717, 1.165) is 17.2 Å². The number of carbonyl (C=O) groups is 2. The molecule has 48 heavy (non-hydrogen) atoms. The number of halogens is 6. The van der Waals surface area contributed by atoms with Crippen LogP contribution in [0, 0.1) is 0 Å². The van der Waals surface area contributed by atoms with Crippen LogP contribution in [0.3, 0.4) is 0 Å². The van der Waals surface area contributed by atoms with Crippen LogP contribution in [0.2, 0.25) is 30.1 Å². The monoisotopic (exact) mass is 826 g/mol. The average molecular weight is 829 g/mol. The zero-order valence-corrected chi connectivity index (χ0v) is 31.2. The maximum Gasteiger partial charge on any atom is 1.00 e. The number of hydrogen-bond acceptors (Lipinski definition) is 8. The second kappa shape index (κ2) is 20.2. The Bertz CT molecular complexity index is 1610. The predicted molar refractivity (Wildman–Crippen MR) is 185 cm³/mol. The van der Waals surface area contributed by atoms with Crippen molar-refractivity contribution in [3.8, 4) is 0 Å². The number of ether oxygens (including phenoxy) is 1. The van der Waals surface area contributed by atoms with Gasteiger partial charge in [-0.3, -0.25) is 18.2 Å². The van der Waals surface area contributed by atoms with Crippen LogP contribution in [0.1, 0.15) is 33.1 Å². The Morgan fingerprint density at radius 3 is 1.31 bits per heavy atom. The summed E-state index contributed by atoms with van der Waals surface area (Å²) in [6.07, 6.45) is 2.32. The van der Waals surface area contributed by atoms with Crippen molar-refractivity contribution in [2.45, 2.75) is 33.1 Å². The number of aliphatic carboxylic acids is 1. The van der Waals surface area contributed by atoms with Crippen LogP contribution in [0.15, 0.2) is 24.3 Å². The van der Waals surface area contributed by atoms with Crippen molar-refractivity contribution in [3.63, 3.8) is 0 Å². The summed E-state index contributed by atoms with van der Waals surface area (Å²) in [5.74, 6) is -1.86. The van der Waals surface area contributed by atoms with E-state index in [1.165, 1.54) is 31.4 Å². The summed E-state index contributed by atoms with van der Waals surface area (Å²) in [6, 6.07) is 5.64. The summed E-state index contributed by atoms with van der Waals surface area (Å²) >= 11 is 36.2. The van der Waals surface area contributed by atoms with Gasteiger partial charge in [-0.25, -0.2) is 0 Å². The largest absolute Gasteiger partial charge is 1.00 e. The molecule has 2 aliphatic rings. The molecule has 2 N–H and O–H groups in total. The van der Waals surface area contributed by atoms with Crippen molar-refractivity contribution in [2.75, 3.05) is 55.0 Å². The van der Waals surface area contributed by atoms with Gasteiger partial charge in [-0.15, -0.1) is 0 Å². The summed E-state index contributed by atoms with van der Waals surface area (Å²) in [5, 5.41) is 9.94. The molecule has 0 aliphatic carbocycles. The third kappa shape index (κ3) is 11.6. The fourth-order valence-corrected chi connectivity index (χ4v) is 10.1. The van der Waals surface area contributed by atoms with Gasteiger partial charge in [0.1, 0.15) is 13.1 Å². The Hall–Kier alpha value is -0.903. The van der Waals surface area contributed by atoms with E-state index >= 15 is 0 Å². The number of rotatable bonds is 6. The van der Waals surface area contributed by atoms with Crippen LogP contribution >= 0.6 is 69.6 Å². The normalized spacial score (nSPS) is 17.6. The van der Waals surface area contributed by atoms with E-state index in [1.807, 2.05) is 0 Å². The molecule has 0 spiro atoms. The molecule has 2 aliphatic heterocycles. The molecule has 2 fully saturated rings. The van der Waals surface area contributed by atoms with Gasteiger partial charge < -0.3 is 15.3 Å². The molecule has 4 rings (SSSR count). The molecule has 0 atom stereocenters. The van der Waals surface area contributed by atoms with Crippen molar-refractivity contribution in [3.05, 3.63) is 54.4 Å². The number of benzene rings is 2. The molecular weight excluding hydrogens is 796 g/mol. The fourth-order valence-electron chi connectivity index (χ4n) is 4.51. The number of carboxylic acids is 1. The number of methoxy groups -OCH3 is 1. The zero-order valence-electron chi connectivity index (χ0n) is 25.0. The van der Waals surface area contributed by atoms with E-state index in [9.17, 15) is 26.4 Å². The number of carboxylic acid groups (broad SMARTS) is 1. The molecule has 2 aromatic rings. The van der Waals surface area contributed by atoms with Crippen molar-refractivity contribution in [1.29, 1.82) is 0 Å². The van der Waals surface area contributed by atoms with Crippen LogP contribution in [0.5, 0.6) is 0 Å². The number of carbonyl (C=O) groups excluding carboxylic acids is 1. The summed E-state index contributed by atoms with van der Waals surface area (Å²) in [6.45, 7) is -0.245. The molecule has 13 nitrogen and oxygen atoms in total. The Kier molecular flexibility index (Phi) is 19.8. The molecule has 0 aromatic heterocycles. The summed E-state index contributed by atoms with van der Waals surface area (Å²) in [5.41, 5.74) is 0.277. The topological polar surface area (TPSA) is 175 Å². The van der Waals surface area contributed by atoms with Crippen LogP contribution in [0.4, 0.5) is 11.4 Å². The zero-order chi connectivity index (χ0) is 33.7. The molecule has 0 amide bonds. The van der Waals surface area contributed by atoms with Crippen LogP contribution in [-0.4, -0.2) is 94.3 Å². The van der Waals surface area contributed by atoms with Gasteiger partial charge in [0.05, 0.1) is 38.6 Å². The van der Waals surface area contributed by atoms with Gasteiger partial charge in [-0.1, -0.05) is 77.0 Å². The Morgan fingerprint density at radius 1 is 0.688 bits per heavy atom. The number of hydrogen-bond donors (Lipinski definition) is 1. The van der Waals surface area contributed by atoms with Crippen LogP contribution in [0.25, 0.3) is 0 Å². The third-order valence-electron chi connectivity index (χ3n) is 6.55. The molecule has 0 radical (unpaired) electrons. The fraction of sp³-hybridized carbons (Fsp3) is 0.462. The van der Waals surface area contributed by atoms with Crippen molar-refractivity contribution in [1.82, 2.24) is 8.61 Å². The van der Waals surface area contributed by atoms with Gasteiger partial charge >= 0.3 is 51.2 Å². The minimum absolute atomic E-state index is 0. The standard InChI is InChI=1S/C13H15Cl3N2O4S.C12H13Cl3N2O4S.CH4.Li.H2O/c1-22-12(19)8-17-4-2-3-5-18(23(17,20)21)13-10(15)6-9(14)7-11(13)16;13-8-5-9(14)12(10(15)6-8)17-4-2-1-3-16(7-11(18)19)22(17,20)21;;;/h6-7H,2-5,8H2,1H3;5-6H,1-4,7H2,(H,18,19);1H4;;1H2/q;;;+1;/p-1. The molecular formula is C26H33Cl6LiN4O9S2.